The van der Waals surface area contributed by atoms with Crippen molar-refractivity contribution in [2.24, 2.45) is 0 Å². The molecule has 3 heterocycles. The number of hydrogen-bond acceptors (Lipinski definition) is 7. The van der Waals surface area contributed by atoms with Crippen LogP contribution in [0.15, 0.2) is 35.7 Å². The molecule has 14 heteroatoms. The summed E-state index contributed by atoms with van der Waals surface area (Å²) in [6.07, 6.45) is -2.81. The van der Waals surface area contributed by atoms with Crippen molar-refractivity contribution >= 4 is 15.5 Å². The largest absolute Gasteiger partial charge is 0.471 e. The van der Waals surface area contributed by atoms with Gasteiger partial charge in [0.25, 0.3) is 0 Å². The summed E-state index contributed by atoms with van der Waals surface area (Å²) in [6, 6.07) is 3.49. The molecule has 0 aliphatic carbocycles. The number of aromatic nitrogens is 4. The van der Waals surface area contributed by atoms with Crippen molar-refractivity contribution in [1.29, 1.82) is 5.26 Å². The molecule has 3 aromatic heterocycles. The summed E-state index contributed by atoms with van der Waals surface area (Å²) in [5.41, 5.74) is -3.46. The van der Waals surface area contributed by atoms with Gasteiger partial charge < -0.3 is 4.74 Å². The topological polar surface area (TPSA) is 110 Å². The zero-order valence-electron chi connectivity index (χ0n) is 17.4. The number of nitrogens with zero attached hydrogens (tertiary/aromatic N) is 5. The maximum atomic E-state index is 13.6. The first kappa shape index (κ1) is 24.3. The van der Waals surface area contributed by atoms with Gasteiger partial charge in [0.2, 0.25) is 0 Å². The van der Waals surface area contributed by atoms with E-state index >= 15 is 0 Å². The Morgan fingerprint density at radius 3 is 2.39 bits per heavy atom. The van der Waals surface area contributed by atoms with E-state index in [1.807, 2.05) is 6.07 Å². The highest BCUT2D eigenvalue weighted by atomic mass is 32.2. The average molecular weight is 489 g/mol. The molecule has 3 rings (SSSR count). The lowest BCUT2D eigenvalue weighted by Crippen LogP contribution is -2.34. The molecular weight excluding hydrogens is 473 g/mol. The van der Waals surface area contributed by atoms with Gasteiger partial charge in [-0.3, -0.25) is 4.40 Å². The van der Waals surface area contributed by atoms with Gasteiger partial charge in [0.1, 0.15) is 40.9 Å². The van der Waals surface area contributed by atoms with Crippen molar-refractivity contribution in [3.63, 3.8) is 0 Å². The molecule has 0 fully saturated rings. The quantitative estimate of drug-likeness (QED) is 0.483. The van der Waals surface area contributed by atoms with Crippen LogP contribution >= 0.6 is 0 Å². The Morgan fingerprint density at radius 2 is 1.82 bits per heavy atom. The molecule has 0 unspecified atom stereocenters. The van der Waals surface area contributed by atoms with Gasteiger partial charge in [-0.2, -0.15) is 27.2 Å². The van der Waals surface area contributed by atoms with E-state index in [4.69, 9.17) is 10.00 Å². The van der Waals surface area contributed by atoms with Crippen LogP contribution in [0.3, 0.4) is 0 Å². The molecule has 0 saturated heterocycles. The zero-order valence-corrected chi connectivity index (χ0v) is 18.2. The number of ether oxygens (including phenoxy) is 1. The predicted octanol–water partition coefficient (Wildman–Crippen LogP) is 3.92. The number of alkyl halides is 5. The van der Waals surface area contributed by atoms with Crippen LogP contribution in [0.25, 0.3) is 17.0 Å². The molecule has 0 aliphatic rings. The molecule has 0 bridgehead atoms. The second kappa shape index (κ2) is 7.91. The van der Waals surface area contributed by atoms with Gasteiger partial charge >= 0.3 is 12.1 Å². The number of halogens is 5. The van der Waals surface area contributed by atoms with Crippen molar-refractivity contribution in [2.45, 2.75) is 43.4 Å². The van der Waals surface area contributed by atoms with Crippen molar-refractivity contribution in [3.05, 3.63) is 36.5 Å². The van der Waals surface area contributed by atoms with Crippen molar-refractivity contribution in [3.8, 4) is 23.2 Å². The van der Waals surface area contributed by atoms with Crippen molar-refractivity contribution in [2.75, 3.05) is 5.75 Å². The molecule has 0 amide bonds. The highest BCUT2D eigenvalue weighted by molar-refractivity contribution is 7.91. The first-order chi connectivity index (χ1) is 15.1. The number of sulfone groups is 1. The first-order valence-electron chi connectivity index (χ1n) is 9.24. The summed E-state index contributed by atoms with van der Waals surface area (Å²) in [5, 5.41) is 9.12. The van der Waals surface area contributed by atoms with E-state index in [1.54, 1.807) is 0 Å². The molecule has 0 aliphatic heterocycles. The smallest absolute Gasteiger partial charge is 0.459 e. The van der Waals surface area contributed by atoms with Gasteiger partial charge in [0.15, 0.2) is 15.4 Å². The van der Waals surface area contributed by atoms with Crippen molar-refractivity contribution < 1.29 is 35.1 Å². The molecule has 0 N–H and O–H groups in total. The fraction of sp³-hybridized carbons (Fsp3) is 0.368. The number of imidazole rings is 1. The van der Waals surface area contributed by atoms with E-state index in [0.717, 1.165) is 16.7 Å². The van der Waals surface area contributed by atoms with Crippen LogP contribution in [0, 0.1) is 11.3 Å². The summed E-state index contributed by atoms with van der Waals surface area (Å²) in [5.74, 6) is -5.55. The lowest BCUT2D eigenvalue weighted by Gasteiger charge is -2.19. The Balaban J connectivity index is 2.15. The number of pyridine rings is 1. The second-order valence-corrected chi connectivity index (χ2v) is 9.63. The van der Waals surface area contributed by atoms with Crippen LogP contribution in [0.1, 0.15) is 26.5 Å². The Kier molecular flexibility index (Phi) is 5.82. The van der Waals surface area contributed by atoms with Gasteiger partial charge in [-0.1, -0.05) is 6.92 Å². The lowest BCUT2D eigenvalue weighted by atomic mass is 10.2. The van der Waals surface area contributed by atoms with Crippen LogP contribution in [-0.4, -0.2) is 45.3 Å². The number of hydrogen-bond donors (Lipinski definition) is 0. The number of nitriles is 1. The third kappa shape index (κ3) is 4.58. The maximum absolute atomic E-state index is 13.6. The van der Waals surface area contributed by atoms with E-state index < -0.39 is 33.2 Å². The molecule has 33 heavy (non-hydrogen) atoms. The number of fused-ring (bicyclic) bond motifs is 1. The van der Waals surface area contributed by atoms with Gasteiger partial charge in [-0.15, -0.1) is 0 Å². The van der Waals surface area contributed by atoms with Gasteiger partial charge in [-0.05, 0) is 13.8 Å². The third-order valence-electron chi connectivity index (χ3n) is 4.45. The minimum Gasteiger partial charge on any atom is -0.471 e. The predicted molar refractivity (Wildman–Crippen MR) is 104 cm³/mol. The van der Waals surface area contributed by atoms with Crippen LogP contribution in [0.5, 0.6) is 5.75 Å². The molecule has 8 nitrogen and oxygen atoms in total. The Labute approximate surface area is 184 Å². The Hall–Kier alpha value is -3.34. The highest BCUT2D eigenvalue weighted by Crippen LogP contribution is 2.43. The van der Waals surface area contributed by atoms with Gasteiger partial charge in [0.05, 0.1) is 16.8 Å². The first-order valence-corrected chi connectivity index (χ1v) is 10.9. The van der Waals surface area contributed by atoms with E-state index in [0.29, 0.717) is 12.4 Å². The Morgan fingerprint density at radius 1 is 1.15 bits per heavy atom. The standard InChI is InChI=1S/C19H16F5N5O3S/c1-4-33(30,31)13-5-11(32-17(2,3)9-25)7-26-16(13)12-8-29-10-27-14(6-15(29)28-12)18(20,21)19(22,23)24/h5-8,10H,4H2,1-3H3. The summed E-state index contributed by atoms with van der Waals surface area (Å²) in [6.45, 7) is 4.29. The Bertz CT molecular complexity index is 1360. The van der Waals surface area contributed by atoms with Gasteiger partial charge in [0, 0.05) is 18.3 Å². The molecule has 0 aromatic carbocycles. The average Bonchev–Trinajstić information content (AvgIpc) is 3.15. The molecule has 0 atom stereocenters. The molecule has 0 spiro atoms. The van der Waals surface area contributed by atoms with Crippen LogP contribution < -0.4 is 4.74 Å². The summed E-state index contributed by atoms with van der Waals surface area (Å²) in [4.78, 5) is 10.9. The monoisotopic (exact) mass is 489 g/mol. The highest BCUT2D eigenvalue weighted by Gasteiger charge is 2.60. The molecule has 176 valence electrons. The molecule has 0 radical (unpaired) electrons. The normalized spacial score (nSPS) is 13.2. The summed E-state index contributed by atoms with van der Waals surface area (Å²) in [7, 11) is -3.91. The summed E-state index contributed by atoms with van der Waals surface area (Å²) < 4.78 is 97.1. The van der Waals surface area contributed by atoms with E-state index in [1.165, 1.54) is 27.0 Å². The third-order valence-corrected chi connectivity index (χ3v) is 6.19. The zero-order chi connectivity index (χ0) is 24.8. The molecular formula is C19H16F5N5O3S. The SMILES string of the molecule is CCS(=O)(=O)c1cc(OC(C)(C)C#N)cnc1-c1cn2cnc(C(F)(F)C(F)(F)F)cc2n1. The van der Waals surface area contributed by atoms with Crippen LogP contribution in [0.2, 0.25) is 0 Å². The van der Waals surface area contributed by atoms with E-state index in [-0.39, 0.29) is 33.4 Å². The fourth-order valence-electron chi connectivity index (χ4n) is 2.71. The van der Waals surface area contributed by atoms with Crippen molar-refractivity contribution in [1.82, 2.24) is 19.4 Å². The van der Waals surface area contributed by atoms with E-state index in [9.17, 15) is 30.4 Å². The van der Waals surface area contributed by atoms with Gasteiger partial charge in [-0.25, -0.2) is 23.4 Å². The van der Waals surface area contributed by atoms with E-state index in [2.05, 4.69) is 15.0 Å². The lowest BCUT2D eigenvalue weighted by molar-refractivity contribution is -0.290. The fourth-order valence-corrected chi connectivity index (χ4v) is 3.77. The number of rotatable bonds is 6. The maximum Gasteiger partial charge on any atom is 0.459 e. The molecule has 0 saturated carbocycles. The summed E-state index contributed by atoms with van der Waals surface area (Å²) >= 11 is 0. The van der Waals surface area contributed by atoms with Crippen LogP contribution in [-0.2, 0) is 15.8 Å². The second-order valence-electron chi connectivity index (χ2n) is 7.38. The molecule has 3 aromatic rings. The minimum absolute atomic E-state index is 0.0186. The minimum atomic E-state index is -5.86. The van der Waals surface area contributed by atoms with Crippen LogP contribution in [0.4, 0.5) is 22.0 Å².